The quantitative estimate of drug-likeness (QED) is 0.516. The third kappa shape index (κ3) is 6.15. The molecule has 1 aromatic heterocycles. The molecule has 1 N–H and O–H groups in total. The van der Waals surface area contributed by atoms with Gasteiger partial charge in [0.2, 0.25) is 5.82 Å². The van der Waals surface area contributed by atoms with Gasteiger partial charge in [-0.25, -0.2) is 0 Å². The Bertz CT molecular complexity index is 996. The summed E-state index contributed by atoms with van der Waals surface area (Å²) in [6.45, 7) is 7.12. The number of hydrogen-bond donors (Lipinski definition) is 1. The van der Waals surface area contributed by atoms with Gasteiger partial charge in [0.1, 0.15) is 5.75 Å². The Kier molecular flexibility index (Phi) is 7.47. The number of benzene rings is 2. The summed E-state index contributed by atoms with van der Waals surface area (Å²) in [5.74, 6) is 1.46. The van der Waals surface area contributed by atoms with Gasteiger partial charge in [-0.2, -0.15) is 4.98 Å². The smallest absolute Gasteiger partial charge is 0.258 e. The highest BCUT2D eigenvalue weighted by Crippen LogP contribution is 2.24. The molecule has 0 spiro atoms. The fourth-order valence-electron chi connectivity index (χ4n) is 3.41. The van der Waals surface area contributed by atoms with E-state index in [-0.39, 0.29) is 12.5 Å². The summed E-state index contributed by atoms with van der Waals surface area (Å²) in [4.78, 5) is 18.8. The van der Waals surface area contributed by atoms with E-state index in [1.54, 1.807) is 12.1 Å². The van der Waals surface area contributed by atoms with Crippen LogP contribution in [0.5, 0.6) is 5.75 Å². The van der Waals surface area contributed by atoms with Gasteiger partial charge in [-0.05, 0) is 44.2 Å². The summed E-state index contributed by atoms with van der Waals surface area (Å²) in [6.07, 6.45) is 0.912. The van der Waals surface area contributed by atoms with Crippen molar-refractivity contribution in [1.29, 1.82) is 0 Å². The molecule has 2 heterocycles. The molecule has 1 aliphatic rings. The number of hydrogen-bond acceptors (Lipinski definition) is 7. The summed E-state index contributed by atoms with van der Waals surface area (Å²) in [6, 6.07) is 15.2. The normalized spacial score (nSPS) is 14.3. The van der Waals surface area contributed by atoms with Crippen LogP contribution in [0.3, 0.4) is 0 Å². The van der Waals surface area contributed by atoms with Crippen LogP contribution >= 0.6 is 0 Å². The number of carbonyl (C=O) groups is 1. The van der Waals surface area contributed by atoms with E-state index in [1.165, 1.54) is 5.56 Å². The van der Waals surface area contributed by atoms with Gasteiger partial charge in [0.05, 0.1) is 13.2 Å². The maximum atomic E-state index is 12.0. The number of morpholine rings is 1. The van der Waals surface area contributed by atoms with E-state index in [9.17, 15) is 4.79 Å². The zero-order chi connectivity index (χ0) is 22.2. The van der Waals surface area contributed by atoms with Crippen LogP contribution in [0.15, 0.2) is 53.1 Å². The molecule has 168 valence electrons. The molecular formula is C24H28N4O4. The molecule has 0 saturated carbocycles. The van der Waals surface area contributed by atoms with Crippen molar-refractivity contribution in [3.05, 3.63) is 54.1 Å². The molecule has 1 saturated heterocycles. The minimum absolute atomic E-state index is 0.0188. The topological polar surface area (TPSA) is 89.7 Å². The Balaban J connectivity index is 1.21. The minimum atomic E-state index is -0.129. The Morgan fingerprint density at radius 3 is 2.53 bits per heavy atom. The lowest BCUT2D eigenvalue weighted by Crippen LogP contribution is -2.38. The molecule has 0 radical (unpaired) electrons. The van der Waals surface area contributed by atoms with E-state index < -0.39 is 0 Å². The molecule has 0 bridgehead atoms. The van der Waals surface area contributed by atoms with Gasteiger partial charge in [-0.1, -0.05) is 35.0 Å². The van der Waals surface area contributed by atoms with Crippen molar-refractivity contribution in [3.8, 4) is 28.6 Å². The highest BCUT2D eigenvalue weighted by atomic mass is 16.5. The van der Waals surface area contributed by atoms with Crippen LogP contribution in [0.1, 0.15) is 12.0 Å². The van der Waals surface area contributed by atoms with Crippen molar-refractivity contribution < 1.29 is 18.8 Å². The van der Waals surface area contributed by atoms with Gasteiger partial charge < -0.3 is 19.3 Å². The predicted octanol–water partition coefficient (Wildman–Crippen LogP) is 2.93. The number of aryl methyl sites for hydroxylation is 1. The standard InChI is InChI=1S/C24H28N4O4/c1-18-3-5-19(6-4-18)23-26-24(32-27-23)20-7-9-21(10-8-20)31-17-22(29)25-11-2-12-28-13-15-30-16-14-28/h3-10H,2,11-17H2,1H3,(H,25,29). The lowest BCUT2D eigenvalue weighted by atomic mass is 10.1. The lowest BCUT2D eigenvalue weighted by molar-refractivity contribution is -0.123. The predicted molar refractivity (Wildman–Crippen MR) is 120 cm³/mol. The second kappa shape index (κ2) is 10.9. The molecule has 1 aliphatic heterocycles. The maximum Gasteiger partial charge on any atom is 0.258 e. The van der Waals surface area contributed by atoms with Crippen LogP contribution < -0.4 is 10.1 Å². The second-order valence-corrected chi connectivity index (χ2v) is 7.76. The Morgan fingerprint density at radius 2 is 1.78 bits per heavy atom. The number of aromatic nitrogens is 2. The molecule has 2 aromatic carbocycles. The first kappa shape index (κ1) is 22.0. The van der Waals surface area contributed by atoms with Crippen LogP contribution in [0.4, 0.5) is 0 Å². The average Bonchev–Trinajstić information content (AvgIpc) is 3.32. The molecule has 0 aliphatic carbocycles. The molecule has 4 rings (SSSR count). The molecule has 32 heavy (non-hydrogen) atoms. The molecule has 0 atom stereocenters. The first-order valence-electron chi connectivity index (χ1n) is 10.9. The summed E-state index contributed by atoms with van der Waals surface area (Å²) in [5.41, 5.74) is 2.87. The molecule has 1 amide bonds. The average molecular weight is 437 g/mol. The molecule has 1 fully saturated rings. The fraction of sp³-hybridized carbons (Fsp3) is 0.375. The van der Waals surface area contributed by atoms with Crippen molar-refractivity contribution in [2.24, 2.45) is 0 Å². The van der Waals surface area contributed by atoms with E-state index in [4.69, 9.17) is 14.0 Å². The molecule has 3 aromatic rings. The highest BCUT2D eigenvalue weighted by molar-refractivity contribution is 5.77. The molecule has 8 heteroatoms. The van der Waals surface area contributed by atoms with Gasteiger partial charge in [-0.15, -0.1) is 0 Å². The third-order valence-corrected chi connectivity index (χ3v) is 5.28. The van der Waals surface area contributed by atoms with Crippen LogP contribution in [0, 0.1) is 6.92 Å². The maximum absolute atomic E-state index is 12.0. The van der Waals surface area contributed by atoms with E-state index in [0.29, 0.717) is 24.0 Å². The number of nitrogens with one attached hydrogen (secondary N) is 1. The SMILES string of the molecule is Cc1ccc(-c2noc(-c3ccc(OCC(=O)NCCCN4CCOCC4)cc3)n2)cc1. The van der Waals surface area contributed by atoms with Gasteiger partial charge in [0, 0.05) is 30.8 Å². The summed E-state index contributed by atoms with van der Waals surface area (Å²) < 4.78 is 16.3. The molecule has 0 unspecified atom stereocenters. The Morgan fingerprint density at radius 1 is 1.06 bits per heavy atom. The van der Waals surface area contributed by atoms with Gasteiger partial charge in [0.15, 0.2) is 6.61 Å². The van der Waals surface area contributed by atoms with Gasteiger partial charge in [-0.3, -0.25) is 9.69 Å². The molecule has 8 nitrogen and oxygen atoms in total. The summed E-state index contributed by atoms with van der Waals surface area (Å²) in [7, 11) is 0. The van der Waals surface area contributed by atoms with E-state index in [0.717, 1.165) is 50.4 Å². The molecular weight excluding hydrogens is 408 g/mol. The Labute approximate surface area is 187 Å². The van der Waals surface area contributed by atoms with E-state index in [1.807, 2.05) is 43.3 Å². The zero-order valence-electron chi connectivity index (χ0n) is 18.3. The highest BCUT2D eigenvalue weighted by Gasteiger charge is 2.12. The first-order chi connectivity index (χ1) is 15.7. The van der Waals surface area contributed by atoms with Crippen LogP contribution in [0.2, 0.25) is 0 Å². The van der Waals surface area contributed by atoms with Crippen LogP contribution in [-0.4, -0.2) is 66.9 Å². The third-order valence-electron chi connectivity index (χ3n) is 5.28. The number of nitrogens with zero attached hydrogens (tertiary/aromatic N) is 3. The number of ether oxygens (including phenoxy) is 2. The van der Waals surface area contributed by atoms with Gasteiger partial charge in [0.25, 0.3) is 11.8 Å². The fourth-order valence-corrected chi connectivity index (χ4v) is 3.41. The minimum Gasteiger partial charge on any atom is -0.484 e. The van der Waals surface area contributed by atoms with Crippen molar-refractivity contribution in [3.63, 3.8) is 0 Å². The lowest BCUT2D eigenvalue weighted by Gasteiger charge is -2.26. The summed E-state index contributed by atoms with van der Waals surface area (Å²) in [5, 5.41) is 6.96. The van der Waals surface area contributed by atoms with E-state index >= 15 is 0 Å². The van der Waals surface area contributed by atoms with Crippen LogP contribution in [-0.2, 0) is 9.53 Å². The zero-order valence-corrected chi connectivity index (χ0v) is 18.3. The second-order valence-electron chi connectivity index (χ2n) is 7.76. The van der Waals surface area contributed by atoms with E-state index in [2.05, 4.69) is 20.4 Å². The van der Waals surface area contributed by atoms with Crippen molar-refractivity contribution >= 4 is 5.91 Å². The number of carbonyl (C=O) groups excluding carboxylic acids is 1. The number of amides is 1. The number of rotatable bonds is 9. The monoisotopic (exact) mass is 436 g/mol. The van der Waals surface area contributed by atoms with Gasteiger partial charge >= 0.3 is 0 Å². The van der Waals surface area contributed by atoms with Crippen molar-refractivity contribution in [2.45, 2.75) is 13.3 Å². The van der Waals surface area contributed by atoms with Crippen molar-refractivity contribution in [1.82, 2.24) is 20.4 Å². The van der Waals surface area contributed by atoms with Crippen LogP contribution in [0.25, 0.3) is 22.8 Å². The largest absolute Gasteiger partial charge is 0.484 e. The first-order valence-corrected chi connectivity index (χ1v) is 10.9. The Hall–Kier alpha value is -3.23. The van der Waals surface area contributed by atoms with Crippen molar-refractivity contribution in [2.75, 3.05) is 46.0 Å². The summed E-state index contributed by atoms with van der Waals surface area (Å²) >= 11 is 0.